The molecule has 1 aromatic rings. The molecule has 1 N–H and O–H groups in total. The number of carbonyl (C=O) groups excluding carboxylic acids is 1. The Morgan fingerprint density at radius 2 is 1.59 bits per heavy atom. The van der Waals surface area contributed by atoms with E-state index in [0.29, 0.717) is 18.6 Å². The van der Waals surface area contributed by atoms with Crippen LogP contribution in [0.4, 0.5) is 0 Å². The van der Waals surface area contributed by atoms with Crippen LogP contribution in [0.15, 0.2) is 30.3 Å². The smallest absolute Gasteiger partial charge is 0.139 e. The molecule has 0 aromatic heterocycles. The molecule has 0 heterocycles. The van der Waals surface area contributed by atoms with Gasteiger partial charge < -0.3 is 5.11 Å². The van der Waals surface area contributed by atoms with Gasteiger partial charge in [0.25, 0.3) is 0 Å². The van der Waals surface area contributed by atoms with Crippen molar-refractivity contribution < 1.29 is 9.90 Å². The van der Waals surface area contributed by atoms with E-state index in [4.69, 9.17) is 0 Å². The summed E-state index contributed by atoms with van der Waals surface area (Å²) in [5, 5.41) is 10.3. The first-order chi connectivity index (χ1) is 10.6. The molecule has 1 atom stereocenters. The SMILES string of the molecule is O=C(CC[C@@H](O)c1ccccc1)C12CC3CC(CC(C3)C1)C2. The average molecular weight is 298 g/mol. The fourth-order valence-corrected chi connectivity index (χ4v) is 5.83. The molecule has 4 saturated carbocycles. The van der Waals surface area contributed by atoms with Gasteiger partial charge in [-0.25, -0.2) is 0 Å². The molecule has 4 aliphatic carbocycles. The van der Waals surface area contributed by atoms with E-state index < -0.39 is 6.10 Å². The lowest BCUT2D eigenvalue weighted by molar-refractivity contribution is -0.144. The van der Waals surface area contributed by atoms with E-state index >= 15 is 0 Å². The van der Waals surface area contributed by atoms with Crippen LogP contribution in [0, 0.1) is 23.2 Å². The molecule has 0 amide bonds. The van der Waals surface area contributed by atoms with Gasteiger partial charge in [0, 0.05) is 11.8 Å². The molecule has 0 unspecified atom stereocenters. The first kappa shape index (κ1) is 14.4. The first-order valence-corrected chi connectivity index (χ1v) is 8.91. The normalized spacial score (nSPS) is 37.2. The van der Waals surface area contributed by atoms with E-state index in [0.717, 1.165) is 42.6 Å². The molecular weight excluding hydrogens is 272 g/mol. The van der Waals surface area contributed by atoms with E-state index in [-0.39, 0.29) is 5.41 Å². The summed E-state index contributed by atoms with van der Waals surface area (Å²) in [6.45, 7) is 0. The third-order valence-electron chi connectivity index (χ3n) is 6.46. The minimum absolute atomic E-state index is 0.00877. The summed E-state index contributed by atoms with van der Waals surface area (Å²) < 4.78 is 0. The fourth-order valence-electron chi connectivity index (χ4n) is 5.83. The highest BCUT2D eigenvalue weighted by Crippen LogP contribution is 2.60. The Hall–Kier alpha value is -1.15. The van der Waals surface area contributed by atoms with Crippen LogP contribution in [0.25, 0.3) is 0 Å². The van der Waals surface area contributed by atoms with Gasteiger partial charge >= 0.3 is 0 Å². The van der Waals surface area contributed by atoms with E-state index in [1.165, 1.54) is 19.3 Å². The van der Waals surface area contributed by atoms with Crippen LogP contribution in [0.1, 0.15) is 63.0 Å². The molecule has 0 spiro atoms. The van der Waals surface area contributed by atoms with Gasteiger partial charge in [0.05, 0.1) is 6.10 Å². The second kappa shape index (κ2) is 5.49. The molecule has 5 rings (SSSR count). The summed E-state index contributed by atoms with van der Waals surface area (Å²) in [6, 6.07) is 9.73. The Balaban J connectivity index is 1.40. The highest BCUT2D eigenvalue weighted by atomic mass is 16.3. The number of aliphatic hydroxyl groups is 1. The molecule has 118 valence electrons. The highest BCUT2D eigenvalue weighted by Gasteiger charge is 2.53. The van der Waals surface area contributed by atoms with Gasteiger partial charge in [-0.2, -0.15) is 0 Å². The lowest BCUT2D eigenvalue weighted by atomic mass is 9.48. The van der Waals surface area contributed by atoms with Crippen molar-refractivity contribution in [2.24, 2.45) is 23.2 Å². The summed E-state index contributed by atoms with van der Waals surface area (Å²) >= 11 is 0. The number of benzene rings is 1. The molecule has 4 bridgehead atoms. The van der Waals surface area contributed by atoms with Crippen LogP contribution >= 0.6 is 0 Å². The van der Waals surface area contributed by atoms with Gasteiger partial charge in [-0.15, -0.1) is 0 Å². The highest BCUT2D eigenvalue weighted by molar-refractivity contribution is 5.85. The second-order valence-corrected chi connectivity index (χ2v) is 8.09. The molecular formula is C20H26O2. The summed E-state index contributed by atoms with van der Waals surface area (Å²) in [7, 11) is 0. The molecule has 2 nitrogen and oxygen atoms in total. The maximum Gasteiger partial charge on any atom is 0.139 e. The molecule has 22 heavy (non-hydrogen) atoms. The largest absolute Gasteiger partial charge is 0.388 e. The monoisotopic (exact) mass is 298 g/mol. The van der Waals surface area contributed by atoms with E-state index in [1.807, 2.05) is 30.3 Å². The summed E-state index contributed by atoms with van der Waals surface area (Å²) in [5.74, 6) is 2.89. The van der Waals surface area contributed by atoms with Crippen molar-refractivity contribution in [3.8, 4) is 0 Å². The molecule has 4 fully saturated rings. The Bertz CT molecular complexity index is 513. The quantitative estimate of drug-likeness (QED) is 0.880. The summed E-state index contributed by atoms with van der Waals surface area (Å²) in [5.41, 5.74) is 0.923. The van der Waals surface area contributed by atoms with Gasteiger partial charge in [0.1, 0.15) is 5.78 Å². The van der Waals surface area contributed by atoms with Gasteiger partial charge in [-0.1, -0.05) is 30.3 Å². The number of hydrogen-bond donors (Lipinski definition) is 1. The minimum atomic E-state index is -0.501. The van der Waals surface area contributed by atoms with Crippen molar-refractivity contribution >= 4 is 5.78 Å². The zero-order valence-corrected chi connectivity index (χ0v) is 13.2. The van der Waals surface area contributed by atoms with Crippen molar-refractivity contribution in [2.45, 2.75) is 57.5 Å². The third-order valence-corrected chi connectivity index (χ3v) is 6.46. The van der Waals surface area contributed by atoms with Gasteiger partial charge in [0.2, 0.25) is 0 Å². The number of carbonyl (C=O) groups is 1. The Kier molecular flexibility index (Phi) is 3.60. The maximum atomic E-state index is 12.9. The first-order valence-electron chi connectivity index (χ1n) is 8.91. The second-order valence-electron chi connectivity index (χ2n) is 8.09. The Morgan fingerprint density at radius 3 is 2.14 bits per heavy atom. The number of aliphatic hydroxyl groups excluding tert-OH is 1. The van der Waals surface area contributed by atoms with Crippen LogP contribution in [-0.4, -0.2) is 10.9 Å². The van der Waals surface area contributed by atoms with Crippen LogP contribution in [0.5, 0.6) is 0 Å². The van der Waals surface area contributed by atoms with Gasteiger partial charge in [0.15, 0.2) is 0 Å². The van der Waals surface area contributed by atoms with Crippen LogP contribution in [0.2, 0.25) is 0 Å². The Labute approximate surface area is 132 Å². The minimum Gasteiger partial charge on any atom is -0.388 e. The zero-order valence-electron chi connectivity index (χ0n) is 13.2. The van der Waals surface area contributed by atoms with Crippen molar-refractivity contribution in [1.29, 1.82) is 0 Å². The predicted octanol–water partition coefficient (Wildman–Crippen LogP) is 4.29. The number of ketones is 1. The fraction of sp³-hybridized carbons (Fsp3) is 0.650. The molecule has 4 aliphatic rings. The van der Waals surface area contributed by atoms with Crippen molar-refractivity contribution in [2.75, 3.05) is 0 Å². The van der Waals surface area contributed by atoms with Gasteiger partial charge in [-0.3, -0.25) is 4.79 Å². The molecule has 0 aliphatic heterocycles. The van der Waals surface area contributed by atoms with E-state index in [9.17, 15) is 9.90 Å². The zero-order chi connectivity index (χ0) is 15.2. The maximum absolute atomic E-state index is 12.9. The van der Waals surface area contributed by atoms with Crippen LogP contribution < -0.4 is 0 Å². The van der Waals surface area contributed by atoms with Crippen LogP contribution in [0.3, 0.4) is 0 Å². The average Bonchev–Trinajstić information content (AvgIpc) is 2.51. The van der Waals surface area contributed by atoms with Crippen molar-refractivity contribution in [3.05, 3.63) is 35.9 Å². The predicted molar refractivity (Wildman–Crippen MR) is 86.2 cm³/mol. The lowest BCUT2D eigenvalue weighted by Gasteiger charge is -2.56. The number of hydrogen-bond acceptors (Lipinski definition) is 2. The molecule has 2 heteroatoms. The Morgan fingerprint density at radius 1 is 1.05 bits per heavy atom. The summed E-state index contributed by atoms with van der Waals surface area (Å²) in [6.07, 6.45) is 8.15. The number of Topliss-reactive ketones (excluding diaryl/α,β-unsaturated/α-hetero) is 1. The van der Waals surface area contributed by atoms with Crippen molar-refractivity contribution in [1.82, 2.24) is 0 Å². The van der Waals surface area contributed by atoms with Crippen molar-refractivity contribution in [3.63, 3.8) is 0 Å². The van der Waals surface area contributed by atoms with E-state index in [1.54, 1.807) is 0 Å². The number of rotatable bonds is 5. The van der Waals surface area contributed by atoms with E-state index in [2.05, 4.69) is 0 Å². The van der Waals surface area contributed by atoms with Gasteiger partial charge in [-0.05, 0) is 68.3 Å². The topological polar surface area (TPSA) is 37.3 Å². The molecule has 0 saturated heterocycles. The lowest BCUT2D eigenvalue weighted by Crippen LogP contribution is -2.50. The third kappa shape index (κ3) is 2.52. The standard InChI is InChI=1S/C20H26O2/c21-18(17-4-2-1-3-5-17)6-7-19(22)20-11-14-8-15(12-20)10-16(9-14)13-20/h1-5,14-16,18,21H,6-13H2/t14?,15?,16?,18-,20?/m1/s1. The molecule has 1 aromatic carbocycles. The summed E-state index contributed by atoms with van der Waals surface area (Å²) in [4.78, 5) is 12.9. The van der Waals surface area contributed by atoms with Crippen LogP contribution in [-0.2, 0) is 4.79 Å². The molecule has 0 radical (unpaired) electrons.